The van der Waals surface area contributed by atoms with Crippen LogP contribution in [0.4, 0.5) is 5.69 Å². The molecular weight excluding hydrogens is 548 g/mol. The van der Waals surface area contributed by atoms with Gasteiger partial charge in [-0.25, -0.2) is 0 Å². The number of nitrogens with zero attached hydrogens (tertiary/aromatic N) is 3. The van der Waals surface area contributed by atoms with Crippen molar-refractivity contribution in [2.75, 3.05) is 31.1 Å². The number of halogens is 2. The molecule has 2 heterocycles. The molecule has 8 heteroatoms. The van der Waals surface area contributed by atoms with E-state index < -0.39 is 0 Å². The summed E-state index contributed by atoms with van der Waals surface area (Å²) in [6.45, 7) is 3.08. The molecule has 3 rings (SSSR count). The van der Waals surface area contributed by atoms with Crippen LogP contribution in [-0.4, -0.2) is 46.7 Å². The second-order valence-corrected chi connectivity index (χ2v) is 8.16. The lowest BCUT2D eigenvalue weighted by molar-refractivity contribution is -0.132. The lowest BCUT2D eigenvalue weighted by atomic mass is 10.2. The molecule has 25 heavy (non-hydrogen) atoms. The predicted octanol–water partition coefficient (Wildman–Crippen LogP) is 2.11. The van der Waals surface area contributed by atoms with E-state index in [-0.39, 0.29) is 23.6 Å². The van der Waals surface area contributed by atoms with Crippen molar-refractivity contribution < 1.29 is 9.90 Å². The standard InChI is InChI=1S/C17H17I2N3O3/c18-14-9-20(10-15(19)17(14)25)11-16(24)22-7-5-21(6-8-22)12-1-3-13(23)4-2-12/h1-4,9-10,23H,5-8,11H2. The number of phenols is 1. The Morgan fingerprint density at radius 1 is 1.00 bits per heavy atom. The maximum atomic E-state index is 12.5. The normalized spacial score (nSPS) is 14.6. The number of pyridine rings is 1. The lowest BCUT2D eigenvalue weighted by Crippen LogP contribution is -2.49. The van der Waals surface area contributed by atoms with Crippen molar-refractivity contribution in [1.82, 2.24) is 9.47 Å². The van der Waals surface area contributed by atoms with Gasteiger partial charge in [0.2, 0.25) is 11.3 Å². The van der Waals surface area contributed by atoms with Crippen LogP contribution in [0.3, 0.4) is 0 Å². The third kappa shape index (κ3) is 4.46. The van der Waals surface area contributed by atoms with Gasteiger partial charge in [0.05, 0.1) is 7.14 Å². The Labute approximate surface area is 172 Å². The first-order chi connectivity index (χ1) is 11.9. The predicted molar refractivity (Wildman–Crippen MR) is 113 cm³/mol. The van der Waals surface area contributed by atoms with Crippen molar-refractivity contribution in [3.8, 4) is 5.75 Å². The molecule has 0 atom stereocenters. The first-order valence-electron chi connectivity index (χ1n) is 7.81. The number of amides is 1. The van der Waals surface area contributed by atoms with E-state index in [1.165, 1.54) is 0 Å². The van der Waals surface area contributed by atoms with Crippen LogP contribution in [0.1, 0.15) is 0 Å². The second kappa shape index (κ2) is 7.94. The molecule has 0 aliphatic carbocycles. The summed E-state index contributed by atoms with van der Waals surface area (Å²) < 4.78 is 3.02. The monoisotopic (exact) mass is 565 g/mol. The van der Waals surface area contributed by atoms with Crippen LogP contribution in [0.5, 0.6) is 5.75 Å². The van der Waals surface area contributed by atoms with Crippen LogP contribution in [0.15, 0.2) is 41.5 Å². The highest BCUT2D eigenvalue weighted by Gasteiger charge is 2.21. The fourth-order valence-corrected chi connectivity index (χ4v) is 4.60. The topological polar surface area (TPSA) is 65.8 Å². The van der Waals surface area contributed by atoms with Gasteiger partial charge in [-0.05, 0) is 69.4 Å². The van der Waals surface area contributed by atoms with Crippen LogP contribution in [0.25, 0.3) is 0 Å². The van der Waals surface area contributed by atoms with Crippen molar-refractivity contribution >= 4 is 56.8 Å². The van der Waals surface area contributed by atoms with Gasteiger partial charge < -0.3 is 19.5 Å². The zero-order valence-corrected chi connectivity index (χ0v) is 17.7. The third-order valence-electron chi connectivity index (χ3n) is 4.16. The molecule has 132 valence electrons. The molecule has 0 unspecified atom stereocenters. The molecule has 1 fully saturated rings. The summed E-state index contributed by atoms with van der Waals surface area (Å²) in [6, 6.07) is 7.12. The number of hydrogen-bond donors (Lipinski definition) is 1. The summed E-state index contributed by atoms with van der Waals surface area (Å²) in [4.78, 5) is 28.3. The molecule has 1 N–H and O–H groups in total. The number of aromatic hydroxyl groups is 1. The summed E-state index contributed by atoms with van der Waals surface area (Å²) in [5.41, 5.74) is 1.06. The molecule has 0 spiro atoms. The summed E-state index contributed by atoms with van der Waals surface area (Å²) in [5.74, 6) is 0.309. The van der Waals surface area contributed by atoms with E-state index in [1.807, 2.05) is 62.2 Å². The van der Waals surface area contributed by atoms with E-state index in [9.17, 15) is 14.7 Å². The van der Waals surface area contributed by atoms with Gasteiger partial charge in [0.1, 0.15) is 12.3 Å². The van der Waals surface area contributed by atoms with Crippen molar-refractivity contribution in [3.05, 3.63) is 54.0 Å². The fourth-order valence-electron chi connectivity index (χ4n) is 2.78. The van der Waals surface area contributed by atoms with Gasteiger partial charge in [-0.3, -0.25) is 9.59 Å². The van der Waals surface area contributed by atoms with Crippen molar-refractivity contribution in [2.24, 2.45) is 0 Å². The highest BCUT2D eigenvalue weighted by atomic mass is 127. The minimum atomic E-state index is 0.00686. The number of piperazine rings is 1. The third-order valence-corrected chi connectivity index (χ3v) is 5.69. The van der Waals surface area contributed by atoms with Crippen LogP contribution < -0.4 is 10.3 Å². The number of aromatic nitrogens is 1. The van der Waals surface area contributed by atoms with E-state index in [0.29, 0.717) is 20.2 Å². The molecule has 1 aliphatic rings. The molecule has 6 nitrogen and oxygen atoms in total. The van der Waals surface area contributed by atoms with Gasteiger partial charge in [-0.2, -0.15) is 0 Å². The van der Waals surface area contributed by atoms with Gasteiger partial charge in [0.25, 0.3) is 0 Å². The SMILES string of the molecule is O=C(Cn1cc(I)c(=O)c(I)c1)N1CCN(c2ccc(O)cc2)CC1. The first-order valence-corrected chi connectivity index (χ1v) is 9.96. The number of rotatable bonds is 3. The molecule has 1 saturated heterocycles. The van der Waals surface area contributed by atoms with Gasteiger partial charge in [-0.1, -0.05) is 0 Å². The quantitative estimate of drug-likeness (QED) is 0.580. The number of phenolic OH excluding ortho intramolecular Hbond substituents is 1. The maximum Gasteiger partial charge on any atom is 0.242 e. The molecule has 0 bridgehead atoms. The smallest absolute Gasteiger partial charge is 0.242 e. The Morgan fingerprint density at radius 2 is 1.56 bits per heavy atom. The van der Waals surface area contributed by atoms with E-state index >= 15 is 0 Å². The second-order valence-electron chi connectivity index (χ2n) is 5.84. The zero-order chi connectivity index (χ0) is 18.0. The summed E-state index contributed by atoms with van der Waals surface area (Å²) >= 11 is 4.00. The van der Waals surface area contributed by atoms with E-state index in [2.05, 4.69) is 4.90 Å². The minimum Gasteiger partial charge on any atom is -0.508 e. The van der Waals surface area contributed by atoms with E-state index in [1.54, 1.807) is 29.1 Å². The van der Waals surface area contributed by atoms with Crippen molar-refractivity contribution in [2.45, 2.75) is 6.54 Å². The first kappa shape index (κ1) is 18.5. The van der Waals surface area contributed by atoms with Crippen LogP contribution in [0, 0.1) is 7.14 Å². The number of carbonyl (C=O) groups is 1. The Bertz CT molecular complexity index is 802. The number of carbonyl (C=O) groups excluding carboxylic acids is 1. The number of hydrogen-bond acceptors (Lipinski definition) is 4. The lowest BCUT2D eigenvalue weighted by Gasteiger charge is -2.36. The number of anilines is 1. The molecule has 1 amide bonds. The highest BCUT2D eigenvalue weighted by Crippen LogP contribution is 2.20. The van der Waals surface area contributed by atoms with Crippen LogP contribution in [-0.2, 0) is 11.3 Å². The Balaban J connectivity index is 1.60. The van der Waals surface area contributed by atoms with E-state index in [4.69, 9.17) is 0 Å². The van der Waals surface area contributed by atoms with Crippen molar-refractivity contribution in [1.29, 1.82) is 0 Å². The largest absolute Gasteiger partial charge is 0.508 e. The number of benzene rings is 1. The van der Waals surface area contributed by atoms with Crippen molar-refractivity contribution in [3.63, 3.8) is 0 Å². The van der Waals surface area contributed by atoms with Crippen LogP contribution in [0.2, 0.25) is 0 Å². The summed E-state index contributed by atoms with van der Waals surface area (Å²) in [6.07, 6.45) is 3.44. The average Bonchev–Trinajstić information content (AvgIpc) is 2.60. The molecule has 1 aliphatic heterocycles. The van der Waals surface area contributed by atoms with Gasteiger partial charge in [0.15, 0.2) is 0 Å². The van der Waals surface area contributed by atoms with Gasteiger partial charge in [-0.15, -0.1) is 0 Å². The summed E-state index contributed by atoms with van der Waals surface area (Å²) in [5, 5.41) is 9.37. The highest BCUT2D eigenvalue weighted by molar-refractivity contribution is 14.1. The average molecular weight is 565 g/mol. The van der Waals surface area contributed by atoms with Gasteiger partial charge in [0, 0.05) is 44.3 Å². The van der Waals surface area contributed by atoms with E-state index in [0.717, 1.165) is 18.8 Å². The Kier molecular flexibility index (Phi) is 5.87. The summed E-state index contributed by atoms with van der Waals surface area (Å²) in [7, 11) is 0. The zero-order valence-electron chi connectivity index (χ0n) is 13.4. The molecular formula is C17H17I2N3O3. The van der Waals surface area contributed by atoms with Crippen LogP contribution >= 0.6 is 45.2 Å². The fraction of sp³-hybridized carbons (Fsp3) is 0.294. The Morgan fingerprint density at radius 3 is 2.12 bits per heavy atom. The van der Waals surface area contributed by atoms with Gasteiger partial charge >= 0.3 is 0 Å². The molecule has 2 aromatic rings. The Hall–Kier alpha value is -1.30. The minimum absolute atomic E-state index is 0.00686. The molecule has 1 aromatic carbocycles. The maximum absolute atomic E-state index is 12.5. The molecule has 0 saturated carbocycles. The molecule has 1 aromatic heterocycles. The molecule has 0 radical (unpaired) electrons.